The van der Waals surface area contributed by atoms with Crippen LogP contribution in [0.1, 0.15) is 47.5 Å². The van der Waals surface area contributed by atoms with Crippen LogP contribution in [0.5, 0.6) is 0 Å². The zero-order chi connectivity index (χ0) is 14.6. The summed E-state index contributed by atoms with van der Waals surface area (Å²) in [7, 11) is 0. The standard InChI is InChI=1S/C13H26N2O3/c1-12(2,3)9(14)8-10(16)15-7-6-13(4,5)11(17)18/h9H,6-8,14H2,1-5H3,(H,15,16)(H,17,18). The second-order valence-corrected chi connectivity index (χ2v) is 6.47. The van der Waals surface area contributed by atoms with E-state index in [1.54, 1.807) is 13.8 Å². The molecule has 1 unspecified atom stereocenters. The molecule has 5 nitrogen and oxygen atoms in total. The van der Waals surface area contributed by atoms with Gasteiger partial charge >= 0.3 is 5.97 Å². The molecule has 1 amide bonds. The molecular formula is C13H26N2O3. The first-order chi connectivity index (χ1) is 7.97. The number of nitrogens with two attached hydrogens (primary N) is 1. The number of rotatable bonds is 6. The molecule has 0 radical (unpaired) electrons. The van der Waals surface area contributed by atoms with Gasteiger partial charge in [0, 0.05) is 19.0 Å². The number of carbonyl (C=O) groups is 2. The van der Waals surface area contributed by atoms with Crippen LogP contribution in [0.3, 0.4) is 0 Å². The zero-order valence-electron chi connectivity index (χ0n) is 12.0. The zero-order valence-corrected chi connectivity index (χ0v) is 12.0. The minimum Gasteiger partial charge on any atom is -0.481 e. The number of carboxylic acid groups (broad SMARTS) is 1. The molecule has 0 rings (SSSR count). The summed E-state index contributed by atoms with van der Waals surface area (Å²) in [6.07, 6.45) is 0.663. The van der Waals surface area contributed by atoms with Crippen LogP contribution in [0.15, 0.2) is 0 Å². The first kappa shape index (κ1) is 16.9. The molecule has 18 heavy (non-hydrogen) atoms. The predicted octanol–water partition coefficient (Wildman–Crippen LogP) is 1.37. The molecule has 0 fully saturated rings. The van der Waals surface area contributed by atoms with Crippen molar-refractivity contribution in [1.29, 1.82) is 0 Å². The van der Waals surface area contributed by atoms with Crippen LogP contribution in [0.25, 0.3) is 0 Å². The Morgan fingerprint density at radius 2 is 1.72 bits per heavy atom. The van der Waals surface area contributed by atoms with Crippen molar-refractivity contribution in [2.24, 2.45) is 16.6 Å². The summed E-state index contributed by atoms with van der Waals surface area (Å²) < 4.78 is 0. The quantitative estimate of drug-likeness (QED) is 0.671. The van der Waals surface area contributed by atoms with E-state index in [1.807, 2.05) is 20.8 Å². The summed E-state index contributed by atoms with van der Waals surface area (Å²) in [6, 6.07) is -0.204. The molecule has 0 saturated carbocycles. The molecule has 0 aromatic heterocycles. The van der Waals surface area contributed by atoms with Gasteiger partial charge in [-0.15, -0.1) is 0 Å². The normalized spacial score (nSPS) is 14.1. The van der Waals surface area contributed by atoms with E-state index in [0.29, 0.717) is 13.0 Å². The van der Waals surface area contributed by atoms with Crippen molar-refractivity contribution in [2.75, 3.05) is 6.54 Å². The van der Waals surface area contributed by atoms with Gasteiger partial charge in [-0.25, -0.2) is 0 Å². The number of carbonyl (C=O) groups excluding carboxylic acids is 1. The van der Waals surface area contributed by atoms with Crippen LogP contribution in [-0.4, -0.2) is 29.6 Å². The van der Waals surface area contributed by atoms with Crippen LogP contribution in [0.4, 0.5) is 0 Å². The predicted molar refractivity (Wildman–Crippen MR) is 71.1 cm³/mol. The van der Waals surface area contributed by atoms with Gasteiger partial charge < -0.3 is 16.2 Å². The molecule has 0 aliphatic rings. The highest BCUT2D eigenvalue weighted by atomic mass is 16.4. The van der Waals surface area contributed by atoms with E-state index in [2.05, 4.69) is 5.32 Å². The Hall–Kier alpha value is -1.10. The minimum atomic E-state index is -0.858. The van der Waals surface area contributed by atoms with E-state index < -0.39 is 11.4 Å². The molecule has 0 heterocycles. The number of hydrogen-bond acceptors (Lipinski definition) is 3. The summed E-state index contributed by atoms with van der Waals surface area (Å²) >= 11 is 0. The average Bonchev–Trinajstić information content (AvgIpc) is 2.15. The highest BCUT2D eigenvalue weighted by Gasteiger charge is 2.27. The Balaban J connectivity index is 4.03. The van der Waals surface area contributed by atoms with E-state index >= 15 is 0 Å². The molecule has 0 aliphatic carbocycles. The fraction of sp³-hybridized carbons (Fsp3) is 0.846. The molecule has 4 N–H and O–H groups in total. The van der Waals surface area contributed by atoms with Crippen molar-refractivity contribution in [2.45, 2.75) is 53.5 Å². The fourth-order valence-electron chi connectivity index (χ4n) is 1.20. The van der Waals surface area contributed by atoms with Crippen LogP contribution >= 0.6 is 0 Å². The van der Waals surface area contributed by atoms with Gasteiger partial charge in [-0.05, 0) is 25.7 Å². The van der Waals surface area contributed by atoms with Gasteiger partial charge in [-0.3, -0.25) is 9.59 Å². The lowest BCUT2D eigenvalue weighted by Gasteiger charge is -2.26. The third-order valence-electron chi connectivity index (χ3n) is 3.17. The molecule has 0 saturated heterocycles. The van der Waals surface area contributed by atoms with Crippen molar-refractivity contribution >= 4 is 11.9 Å². The van der Waals surface area contributed by atoms with E-state index in [1.165, 1.54) is 0 Å². The monoisotopic (exact) mass is 258 g/mol. The molecule has 0 aromatic carbocycles. The number of hydrogen-bond donors (Lipinski definition) is 3. The highest BCUT2D eigenvalue weighted by Crippen LogP contribution is 2.20. The van der Waals surface area contributed by atoms with Crippen molar-refractivity contribution in [3.05, 3.63) is 0 Å². The Labute approximate surface area is 109 Å². The fourth-order valence-corrected chi connectivity index (χ4v) is 1.20. The van der Waals surface area contributed by atoms with Gasteiger partial charge in [0.25, 0.3) is 0 Å². The number of nitrogens with one attached hydrogen (secondary N) is 1. The van der Waals surface area contributed by atoms with Crippen molar-refractivity contribution in [1.82, 2.24) is 5.32 Å². The first-order valence-corrected chi connectivity index (χ1v) is 6.22. The van der Waals surface area contributed by atoms with E-state index in [-0.39, 0.29) is 23.8 Å². The van der Waals surface area contributed by atoms with Gasteiger partial charge in [0.05, 0.1) is 5.41 Å². The van der Waals surface area contributed by atoms with E-state index in [4.69, 9.17) is 10.8 Å². The summed E-state index contributed by atoms with van der Waals surface area (Å²) in [4.78, 5) is 22.5. The molecule has 0 bridgehead atoms. The summed E-state index contributed by atoms with van der Waals surface area (Å²) in [5.74, 6) is -0.984. The van der Waals surface area contributed by atoms with Crippen LogP contribution in [0.2, 0.25) is 0 Å². The van der Waals surface area contributed by atoms with E-state index in [0.717, 1.165) is 0 Å². The summed E-state index contributed by atoms with van der Waals surface area (Å²) in [6.45, 7) is 9.59. The Morgan fingerprint density at radius 3 is 2.11 bits per heavy atom. The van der Waals surface area contributed by atoms with Crippen LogP contribution in [0, 0.1) is 10.8 Å². The SMILES string of the molecule is CC(C)(CCNC(=O)CC(N)C(C)(C)C)C(=O)O. The van der Waals surface area contributed by atoms with Crippen molar-refractivity contribution in [3.63, 3.8) is 0 Å². The first-order valence-electron chi connectivity index (χ1n) is 6.22. The maximum Gasteiger partial charge on any atom is 0.309 e. The minimum absolute atomic E-state index is 0.113. The van der Waals surface area contributed by atoms with Gasteiger partial charge in [0.15, 0.2) is 0 Å². The third-order valence-corrected chi connectivity index (χ3v) is 3.17. The molecule has 0 aliphatic heterocycles. The largest absolute Gasteiger partial charge is 0.481 e. The van der Waals surface area contributed by atoms with Gasteiger partial charge in [-0.2, -0.15) is 0 Å². The number of amides is 1. The van der Waals surface area contributed by atoms with Crippen LogP contribution < -0.4 is 11.1 Å². The molecule has 0 aromatic rings. The lowest BCUT2D eigenvalue weighted by atomic mass is 9.85. The topological polar surface area (TPSA) is 92.4 Å². The smallest absolute Gasteiger partial charge is 0.309 e. The van der Waals surface area contributed by atoms with Crippen molar-refractivity contribution < 1.29 is 14.7 Å². The maximum absolute atomic E-state index is 11.6. The number of aliphatic carboxylic acids is 1. The highest BCUT2D eigenvalue weighted by molar-refractivity contribution is 5.77. The second kappa shape index (κ2) is 6.18. The Bertz CT molecular complexity index is 306. The lowest BCUT2D eigenvalue weighted by molar-refractivity contribution is -0.147. The van der Waals surface area contributed by atoms with E-state index in [9.17, 15) is 9.59 Å². The maximum atomic E-state index is 11.6. The van der Waals surface area contributed by atoms with Gasteiger partial charge in [0.1, 0.15) is 0 Å². The Kier molecular flexibility index (Phi) is 5.80. The molecule has 5 heteroatoms. The molecule has 106 valence electrons. The third kappa shape index (κ3) is 6.00. The second-order valence-electron chi connectivity index (χ2n) is 6.47. The number of carboxylic acids is 1. The summed E-state index contributed by atoms with van der Waals surface area (Å²) in [5, 5.41) is 11.6. The van der Waals surface area contributed by atoms with Gasteiger partial charge in [0.2, 0.25) is 5.91 Å². The summed E-state index contributed by atoms with van der Waals surface area (Å²) in [5.41, 5.74) is 4.97. The van der Waals surface area contributed by atoms with Gasteiger partial charge in [-0.1, -0.05) is 20.8 Å². The molecular weight excluding hydrogens is 232 g/mol. The lowest BCUT2D eigenvalue weighted by Crippen LogP contribution is -2.41. The van der Waals surface area contributed by atoms with Crippen LogP contribution in [-0.2, 0) is 9.59 Å². The Morgan fingerprint density at radius 1 is 1.22 bits per heavy atom. The average molecular weight is 258 g/mol. The molecule has 0 spiro atoms. The molecule has 1 atom stereocenters. The van der Waals surface area contributed by atoms with Crippen molar-refractivity contribution in [3.8, 4) is 0 Å².